The lowest BCUT2D eigenvalue weighted by molar-refractivity contribution is -0.122. The molecule has 0 unspecified atom stereocenters. The average molecular weight is 429 g/mol. The summed E-state index contributed by atoms with van der Waals surface area (Å²) in [5.41, 5.74) is 2.11. The number of hydrogen-bond acceptors (Lipinski definition) is 4. The number of ether oxygens (including phenoxy) is 1. The minimum absolute atomic E-state index is 0.189. The SMILES string of the molecule is CCOc1ccc(NC(=O)C[C@H]2C(=O)Nc3ccccc3N2C(=O)c2ccccc2)cc1. The van der Waals surface area contributed by atoms with Crippen LogP contribution in [0, 0.1) is 0 Å². The molecule has 32 heavy (non-hydrogen) atoms. The van der Waals surface area contributed by atoms with Gasteiger partial charge < -0.3 is 15.4 Å². The lowest BCUT2D eigenvalue weighted by Crippen LogP contribution is -2.52. The Morgan fingerprint density at radius 1 is 0.969 bits per heavy atom. The first-order valence-electron chi connectivity index (χ1n) is 10.4. The molecule has 7 nitrogen and oxygen atoms in total. The number of hydrogen-bond donors (Lipinski definition) is 2. The fourth-order valence-corrected chi connectivity index (χ4v) is 3.63. The van der Waals surface area contributed by atoms with E-state index < -0.39 is 11.9 Å². The highest BCUT2D eigenvalue weighted by atomic mass is 16.5. The van der Waals surface area contributed by atoms with Crippen molar-refractivity contribution in [2.75, 3.05) is 22.1 Å². The molecule has 1 aliphatic heterocycles. The first kappa shape index (κ1) is 21.1. The minimum Gasteiger partial charge on any atom is -0.494 e. The van der Waals surface area contributed by atoms with Gasteiger partial charge in [-0.25, -0.2) is 0 Å². The van der Waals surface area contributed by atoms with Gasteiger partial charge in [-0.3, -0.25) is 19.3 Å². The zero-order chi connectivity index (χ0) is 22.5. The predicted molar refractivity (Wildman–Crippen MR) is 123 cm³/mol. The second-order valence-corrected chi connectivity index (χ2v) is 7.27. The van der Waals surface area contributed by atoms with E-state index in [0.717, 1.165) is 0 Å². The van der Waals surface area contributed by atoms with E-state index in [9.17, 15) is 14.4 Å². The maximum Gasteiger partial charge on any atom is 0.259 e. The minimum atomic E-state index is -0.986. The molecule has 3 amide bonds. The normalized spacial score (nSPS) is 14.8. The van der Waals surface area contributed by atoms with Crippen LogP contribution in [0.15, 0.2) is 78.9 Å². The third kappa shape index (κ3) is 4.46. The molecule has 4 rings (SSSR count). The Labute approximate surface area is 186 Å². The molecule has 0 radical (unpaired) electrons. The summed E-state index contributed by atoms with van der Waals surface area (Å²) < 4.78 is 5.41. The molecule has 1 atom stereocenters. The van der Waals surface area contributed by atoms with Crippen LogP contribution in [0.4, 0.5) is 17.1 Å². The summed E-state index contributed by atoms with van der Waals surface area (Å²) >= 11 is 0. The quantitative estimate of drug-likeness (QED) is 0.618. The topological polar surface area (TPSA) is 87.7 Å². The van der Waals surface area contributed by atoms with Crippen molar-refractivity contribution in [2.45, 2.75) is 19.4 Å². The van der Waals surface area contributed by atoms with Crippen molar-refractivity contribution in [1.29, 1.82) is 0 Å². The lowest BCUT2D eigenvalue weighted by Gasteiger charge is -2.36. The fourth-order valence-electron chi connectivity index (χ4n) is 3.63. The van der Waals surface area contributed by atoms with E-state index in [1.54, 1.807) is 72.8 Å². The zero-order valence-corrected chi connectivity index (χ0v) is 17.6. The second-order valence-electron chi connectivity index (χ2n) is 7.27. The summed E-state index contributed by atoms with van der Waals surface area (Å²) in [4.78, 5) is 40.5. The number of nitrogens with one attached hydrogen (secondary N) is 2. The second kappa shape index (κ2) is 9.34. The van der Waals surface area contributed by atoms with Gasteiger partial charge in [0.15, 0.2) is 0 Å². The molecule has 0 aliphatic carbocycles. The molecule has 0 fully saturated rings. The molecule has 7 heteroatoms. The van der Waals surface area contributed by atoms with Crippen LogP contribution in [0.3, 0.4) is 0 Å². The van der Waals surface area contributed by atoms with E-state index in [4.69, 9.17) is 4.74 Å². The molecule has 1 heterocycles. The third-order valence-corrected chi connectivity index (χ3v) is 5.10. The number of carbonyl (C=O) groups is 3. The van der Waals surface area contributed by atoms with Gasteiger partial charge in [-0.15, -0.1) is 0 Å². The summed E-state index contributed by atoms with van der Waals surface area (Å²) in [6.45, 7) is 2.45. The van der Waals surface area contributed by atoms with E-state index in [1.807, 2.05) is 13.0 Å². The molecule has 0 saturated carbocycles. The maximum atomic E-state index is 13.4. The molecular formula is C25H23N3O4. The average Bonchev–Trinajstić information content (AvgIpc) is 2.81. The number of benzene rings is 3. The highest BCUT2D eigenvalue weighted by Gasteiger charge is 2.38. The van der Waals surface area contributed by atoms with Crippen molar-refractivity contribution in [3.8, 4) is 5.75 Å². The molecule has 0 saturated heterocycles. The van der Waals surface area contributed by atoms with Crippen molar-refractivity contribution in [3.63, 3.8) is 0 Å². The Morgan fingerprint density at radius 2 is 1.66 bits per heavy atom. The monoisotopic (exact) mass is 429 g/mol. The van der Waals surface area contributed by atoms with Gasteiger partial charge in [0.25, 0.3) is 5.91 Å². The van der Waals surface area contributed by atoms with Crippen LogP contribution < -0.4 is 20.3 Å². The number of nitrogens with zero attached hydrogens (tertiary/aromatic N) is 1. The summed E-state index contributed by atoms with van der Waals surface area (Å²) in [7, 11) is 0. The summed E-state index contributed by atoms with van der Waals surface area (Å²) in [5.74, 6) is -0.422. The molecule has 2 N–H and O–H groups in total. The molecule has 162 valence electrons. The number of para-hydroxylation sites is 2. The van der Waals surface area contributed by atoms with Gasteiger partial charge in [-0.05, 0) is 55.5 Å². The fraction of sp³-hybridized carbons (Fsp3) is 0.160. The largest absolute Gasteiger partial charge is 0.494 e. The molecule has 1 aliphatic rings. The highest BCUT2D eigenvalue weighted by Crippen LogP contribution is 2.34. The van der Waals surface area contributed by atoms with Gasteiger partial charge in [-0.2, -0.15) is 0 Å². The summed E-state index contributed by atoms with van der Waals surface area (Å²) in [6.07, 6.45) is -0.189. The van der Waals surface area contributed by atoms with Gasteiger partial charge in [0.05, 0.1) is 24.4 Å². The van der Waals surface area contributed by atoms with Gasteiger partial charge >= 0.3 is 0 Å². The van der Waals surface area contributed by atoms with Gasteiger partial charge in [-0.1, -0.05) is 30.3 Å². The Hall–Kier alpha value is -4.13. The van der Waals surface area contributed by atoms with Crippen LogP contribution in [0.5, 0.6) is 5.75 Å². The number of amides is 3. The molecular weight excluding hydrogens is 406 g/mol. The lowest BCUT2D eigenvalue weighted by atomic mass is 10.0. The Morgan fingerprint density at radius 3 is 2.38 bits per heavy atom. The third-order valence-electron chi connectivity index (χ3n) is 5.10. The highest BCUT2D eigenvalue weighted by molar-refractivity contribution is 6.17. The van der Waals surface area contributed by atoms with Crippen LogP contribution >= 0.6 is 0 Å². The standard InChI is InChI=1S/C25H23N3O4/c1-2-32-19-14-12-18(13-15-19)26-23(29)16-22-24(30)27-20-10-6-7-11-21(20)28(22)25(31)17-8-4-3-5-9-17/h3-15,22H,2,16H2,1H3,(H,26,29)(H,27,30)/t22-/m0/s1. The van der Waals surface area contributed by atoms with Crippen molar-refractivity contribution in [1.82, 2.24) is 0 Å². The zero-order valence-electron chi connectivity index (χ0n) is 17.6. The van der Waals surface area contributed by atoms with Crippen molar-refractivity contribution in [3.05, 3.63) is 84.4 Å². The maximum absolute atomic E-state index is 13.4. The van der Waals surface area contributed by atoms with E-state index in [2.05, 4.69) is 10.6 Å². The first-order chi connectivity index (χ1) is 15.6. The van der Waals surface area contributed by atoms with E-state index in [-0.39, 0.29) is 18.2 Å². The van der Waals surface area contributed by atoms with E-state index in [0.29, 0.717) is 35.0 Å². The summed E-state index contributed by atoms with van der Waals surface area (Å²) in [6, 6.07) is 21.8. The molecule has 0 spiro atoms. The van der Waals surface area contributed by atoms with Gasteiger partial charge in [0.1, 0.15) is 11.8 Å². The number of rotatable bonds is 6. The Balaban J connectivity index is 1.58. The van der Waals surface area contributed by atoms with E-state index >= 15 is 0 Å². The smallest absolute Gasteiger partial charge is 0.259 e. The van der Waals surface area contributed by atoms with Crippen LogP contribution in [0.1, 0.15) is 23.7 Å². The van der Waals surface area contributed by atoms with Gasteiger partial charge in [0, 0.05) is 11.3 Å². The van der Waals surface area contributed by atoms with Gasteiger partial charge in [0.2, 0.25) is 11.8 Å². The molecule has 0 bridgehead atoms. The van der Waals surface area contributed by atoms with Crippen LogP contribution in [-0.2, 0) is 9.59 Å². The van der Waals surface area contributed by atoms with Crippen LogP contribution in [0.2, 0.25) is 0 Å². The predicted octanol–water partition coefficient (Wildman–Crippen LogP) is 4.08. The van der Waals surface area contributed by atoms with Crippen LogP contribution in [-0.4, -0.2) is 30.4 Å². The molecule has 3 aromatic rings. The van der Waals surface area contributed by atoms with Crippen molar-refractivity contribution in [2.24, 2.45) is 0 Å². The molecule has 3 aromatic carbocycles. The number of carbonyl (C=O) groups excluding carboxylic acids is 3. The number of fused-ring (bicyclic) bond motifs is 1. The summed E-state index contributed by atoms with van der Waals surface area (Å²) in [5, 5.41) is 5.60. The van der Waals surface area contributed by atoms with Crippen molar-refractivity contribution >= 4 is 34.8 Å². The molecule has 0 aromatic heterocycles. The number of anilines is 3. The Kier molecular flexibility index (Phi) is 6.17. The van der Waals surface area contributed by atoms with Crippen molar-refractivity contribution < 1.29 is 19.1 Å². The van der Waals surface area contributed by atoms with Crippen LogP contribution in [0.25, 0.3) is 0 Å². The Bertz CT molecular complexity index is 1130. The van der Waals surface area contributed by atoms with E-state index in [1.165, 1.54) is 4.90 Å². The first-order valence-corrected chi connectivity index (χ1v) is 10.4.